The van der Waals surface area contributed by atoms with Crippen molar-refractivity contribution in [3.8, 4) is 0 Å². The number of nitrogens with zero attached hydrogens (tertiary/aromatic N) is 1. The van der Waals surface area contributed by atoms with Gasteiger partial charge in [-0.2, -0.15) is 0 Å². The van der Waals surface area contributed by atoms with E-state index in [1.54, 1.807) is 7.11 Å². The largest absolute Gasteiger partial charge is 0.382 e. The zero-order valence-corrected chi connectivity index (χ0v) is 10.9. The number of hydrogen-bond donors (Lipinski definition) is 1. The van der Waals surface area contributed by atoms with E-state index in [0.29, 0.717) is 18.4 Å². The Bertz CT molecular complexity index is 284. The molecule has 0 spiro atoms. The van der Waals surface area contributed by atoms with Crippen LogP contribution in [0.25, 0.3) is 0 Å². The molecule has 0 saturated heterocycles. The van der Waals surface area contributed by atoms with E-state index in [9.17, 15) is 0 Å². The van der Waals surface area contributed by atoms with Gasteiger partial charge in [0.05, 0.1) is 13.2 Å². The fraction of sp³-hybridized carbons (Fsp3) is 0.700. The van der Waals surface area contributed by atoms with Crippen LogP contribution in [0.15, 0.2) is 5.38 Å². The first-order valence-electron chi connectivity index (χ1n) is 5.24. The Kier molecular flexibility index (Phi) is 7.50. The van der Waals surface area contributed by atoms with Gasteiger partial charge >= 0.3 is 0 Å². The summed E-state index contributed by atoms with van der Waals surface area (Å²) >= 11 is 7.22. The predicted octanol–water partition coefficient (Wildman–Crippen LogP) is 2.65. The predicted molar refractivity (Wildman–Crippen MR) is 67.5 cm³/mol. The van der Waals surface area contributed by atoms with Crippen molar-refractivity contribution in [2.24, 2.45) is 0 Å². The second-order valence-corrected chi connectivity index (χ2v) is 4.46. The molecule has 92 valence electrons. The first-order chi connectivity index (χ1) is 7.83. The minimum atomic E-state index is 0.551. The lowest BCUT2D eigenvalue weighted by Crippen LogP contribution is -2.06. The van der Waals surface area contributed by atoms with Crippen molar-refractivity contribution in [3.63, 3.8) is 0 Å². The molecule has 0 bridgehead atoms. The smallest absolute Gasteiger partial charge is 0.184 e. The fourth-order valence-electron chi connectivity index (χ4n) is 1.10. The topological polar surface area (TPSA) is 43.4 Å². The number of ether oxygens (including phenoxy) is 2. The van der Waals surface area contributed by atoms with Crippen LogP contribution in [0.3, 0.4) is 0 Å². The van der Waals surface area contributed by atoms with Gasteiger partial charge in [-0.3, -0.25) is 0 Å². The van der Waals surface area contributed by atoms with Gasteiger partial charge in [-0.25, -0.2) is 4.98 Å². The van der Waals surface area contributed by atoms with Gasteiger partial charge < -0.3 is 14.8 Å². The summed E-state index contributed by atoms with van der Waals surface area (Å²) in [6, 6.07) is 0. The highest BCUT2D eigenvalue weighted by Gasteiger charge is 1.97. The Labute approximate surface area is 105 Å². The molecule has 1 aromatic heterocycles. The number of anilines is 1. The van der Waals surface area contributed by atoms with Gasteiger partial charge in [0, 0.05) is 25.6 Å². The van der Waals surface area contributed by atoms with Crippen molar-refractivity contribution in [2.45, 2.75) is 12.8 Å². The minimum absolute atomic E-state index is 0.551. The average molecular weight is 265 g/mol. The third-order valence-corrected chi connectivity index (χ3v) is 3.02. The zero-order chi connectivity index (χ0) is 11.6. The number of unbranched alkanes of at least 4 members (excludes halogenated alkanes) is 1. The van der Waals surface area contributed by atoms with Gasteiger partial charge in [-0.05, 0) is 12.8 Å². The van der Waals surface area contributed by atoms with Gasteiger partial charge in [0.1, 0.15) is 5.15 Å². The molecule has 6 heteroatoms. The van der Waals surface area contributed by atoms with E-state index in [-0.39, 0.29) is 0 Å². The molecule has 1 rings (SSSR count). The highest BCUT2D eigenvalue weighted by Crippen LogP contribution is 2.18. The van der Waals surface area contributed by atoms with Crippen molar-refractivity contribution >= 4 is 28.1 Å². The van der Waals surface area contributed by atoms with Crippen molar-refractivity contribution < 1.29 is 9.47 Å². The summed E-state index contributed by atoms with van der Waals surface area (Å²) < 4.78 is 10.2. The number of halogens is 1. The summed E-state index contributed by atoms with van der Waals surface area (Å²) in [4.78, 5) is 4.09. The number of hydrogen-bond acceptors (Lipinski definition) is 5. The third kappa shape index (κ3) is 6.27. The Morgan fingerprint density at radius 3 is 2.94 bits per heavy atom. The van der Waals surface area contributed by atoms with Crippen LogP contribution in [0.4, 0.5) is 5.13 Å². The molecule has 0 saturated carbocycles. The molecule has 1 heterocycles. The lowest BCUT2D eigenvalue weighted by molar-refractivity contribution is 0.0691. The molecular weight excluding hydrogens is 248 g/mol. The summed E-state index contributed by atoms with van der Waals surface area (Å²) in [7, 11) is 1.67. The number of rotatable bonds is 9. The van der Waals surface area contributed by atoms with Crippen LogP contribution >= 0.6 is 22.9 Å². The average Bonchev–Trinajstić information content (AvgIpc) is 2.68. The molecule has 0 aliphatic carbocycles. The van der Waals surface area contributed by atoms with Crippen molar-refractivity contribution in [1.29, 1.82) is 0 Å². The molecule has 0 atom stereocenters. The van der Waals surface area contributed by atoms with Crippen LogP contribution in [-0.2, 0) is 9.47 Å². The molecule has 1 N–H and O–H groups in total. The number of nitrogens with one attached hydrogen (secondary N) is 1. The van der Waals surface area contributed by atoms with Gasteiger partial charge in [0.15, 0.2) is 5.13 Å². The van der Waals surface area contributed by atoms with E-state index in [1.165, 1.54) is 11.3 Å². The SMILES string of the molecule is COCCOCCCCNc1nc(Cl)cs1. The van der Waals surface area contributed by atoms with E-state index < -0.39 is 0 Å². The summed E-state index contributed by atoms with van der Waals surface area (Å²) in [5, 5.41) is 6.46. The Hall–Kier alpha value is -0.360. The summed E-state index contributed by atoms with van der Waals surface area (Å²) in [5.74, 6) is 0. The maximum Gasteiger partial charge on any atom is 0.184 e. The van der Waals surface area contributed by atoms with Gasteiger partial charge in [0.25, 0.3) is 0 Å². The lowest BCUT2D eigenvalue weighted by atomic mass is 10.3. The quantitative estimate of drug-likeness (QED) is 0.697. The number of thiazole rings is 1. The maximum atomic E-state index is 5.70. The van der Waals surface area contributed by atoms with Crippen LogP contribution in [0.2, 0.25) is 5.15 Å². The molecule has 0 fully saturated rings. The number of aromatic nitrogens is 1. The van der Waals surface area contributed by atoms with Crippen molar-refractivity contribution in [2.75, 3.05) is 38.8 Å². The monoisotopic (exact) mass is 264 g/mol. The van der Waals surface area contributed by atoms with E-state index >= 15 is 0 Å². The molecule has 0 unspecified atom stereocenters. The van der Waals surface area contributed by atoms with E-state index in [2.05, 4.69) is 10.3 Å². The highest BCUT2D eigenvalue weighted by molar-refractivity contribution is 7.14. The molecule has 4 nitrogen and oxygen atoms in total. The summed E-state index contributed by atoms with van der Waals surface area (Å²) in [5.41, 5.74) is 0. The first kappa shape index (κ1) is 13.7. The molecule has 0 aliphatic rings. The molecule has 16 heavy (non-hydrogen) atoms. The standard InChI is InChI=1S/C10H17ClN2O2S/c1-14-6-7-15-5-3-2-4-12-10-13-9(11)8-16-10/h8H,2-7H2,1H3,(H,12,13). The Morgan fingerprint density at radius 2 is 2.25 bits per heavy atom. The van der Waals surface area contributed by atoms with Gasteiger partial charge in [-0.1, -0.05) is 11.6 Å². The molecule has 0 radical (unpaired) electrons. The van der Waals surface area contributed by atoms with Crippen LogP contribution in [0.5, 0.6) is 0 Å². The third-order valence-electron chi connectivity index (χ3n) is 1.90. The van der Waals surface area contributed by atoms with Crippen LogP contribution in [0.1, 0.15) is 12.8 Å². The Balaban J connectivity index is 1.88. The molecule has 0 aromatic carbocycles. The number of methoxy groups -OCH3 is 1. The summed E-state index contributed by atoms with van der Waals surface area (Å²) in [6.45, 7) is 3.02. The molecule has 1 aromatic rings. The van der Waals surface area contributed by atoms with Crippen LogP contribution in [-0.4, -0.2) is 38.5 Å². The second-order valence-electron chi connectivity index (χ2n) is 3.21. The van der Waals surface area contributed by atoms with Crippen molar-refractivity contribution in [1.82, 2.24) is 4.98 Å². The highest BCUT2D eigenvalue weighted by atomic mass is 35.5. The second kappa shape index (κ2) is 8.75. The van der Waals surface area contributed by atoms with E-state index in [1.807, 2.05) is 5.38 Å². The molecule has 0 amide bonds. The van der Waals surface area contributed by atoms with Gasteiger partial charge in [0.2, 0.25) is 0 Å². The lowest BCUT2D eigenvalue weighted by Gasteiger charge is -2.04. The molecule has 0 aliphatic heterocycles. The maximum absolute atomic E-state index is 5.70. The van der Waals surface area contributed by atoms with Gasteiger partial charge in [-0.15, -0.1) is 11.3 Å². The van der Waals surface area contributed by atoms with E-state index in [4.69, 9.17) is 21.1 Å². The minimum Gasteiger partial charge on any atom is -0.382 e. The zero-order valence-electron chi connectivity index (χ0n) is 9.37. The Morgan fingerprint density at radius 1 is 1.38 bits per heavy atom. The normalized spacial score (nSPS) is 10.6. The first-order valence-corrected chi connectivity index (χ1v) is 6.50. The van der Waals surface area contributed by atoms with Crippen LogP contribution < -0.4 is 5.32 Å². The van der Waals surface area contributed by atoms with Crippen molar-refractivity contribution in [3.05, 3.63) is 10.5 Å². The van der Waals surface area contributed by atoms with E-state index in [0.717, 1.165) is 31.1 Å². The molecular formula is C10H17ClN2O2S. The summed E-state index contributed by atoms with van der Waals surface area (Å²) in [6.07, 6.45) is 2.10. The van der Waals surface area contributed by atoms with Crippen LogP contribution in [0, 0.1) is 0 Å². The fourth-order valence-corrected chi connectivity index (χ4v) is 1.97.